The van der Waals surface area contributed by atoms with Crippen LogP contribution in [0.4, 0.5) is 0 Å². The van der Waals surface area contributed by atoms with Crippen molar-refractivity contribution < 1.29 is 14.3 Å². The Balaban J connectivity index is 2.08. The van der Waals surface area contributed by atoms with Crippen LogP contribution in [0.15, 0.2) is 48.5 Å². The molecule has 3 rings (SSSR count). The van der Waals surface area contributed by atoms with Gasteiger partial charge in [0.1, 0.15) is 5.75 Å². The lowest BCUT2D eigenvalue weighted by Crippen LogP contribution is -2.11. The molecule has 0 bridgehead atoms. The third-order valence-corrected chi connectivity index (χ3v) is 4.99. The third kappa shape index (κ3) is 4.22. The molecule has 0 N–H and O–H groups in total. The summed E-state index contributed by atoms with van der Waals surface area (Å²) < 4.78 is 13.6. The van der Waals surface area contributed by atoms with Crippen LogP contribution in [-0.2, 0) is 11.3 Å². The van der Waals surface area contributed by atoms with Gasteiger partial charge in [0.05, 0.1) is 18.3 Å². The molecule has 0 saturated carbocycles. The van der Waals surface area contributed by atoms with Gasteiger partial charge < -0.3 is 14.0 Å². The number of hydrogen-bond acceptors (Lipinski definition) is 3. The van der Waals surface area contributed by atoms with E-state index in [-0.39, 0.29) is 12.1 Å². The summed E-state index contributed by atoms with van der Waals surface area (Å²) in [5.41, 5.74) is 3.74. The van der Waals surface area contributed by atoms with E-state index >= 15 is 0 Å². The molecule has 2 aromatic carbocycles. The molecule has 0 fully saturated rings. The number of rotatable bonds is 8. The summed E-state index contributed by atoms with van der Waals surface area (Å²) in [5, 5.41) is 0.882. The van der Waals surface area contributed by atoms with Gasteiger partial charge in [-0.3, -0.25) is 0 Å². The van der Waals surface area contributed by atoms with E-state index in [1.165, 1.54) is 5.56 Å². The number of hydrogen-bond donors (Lipinski definition) is 0. The fourth-order valence-electron chi connectivity index (χ4n) is 3.66. The molecule has 0 saturated heterocycles. The predicted octanol–water partition coefficient (Wildman–Crippen LogP) is 5.74. The monoisotopic (exact) mass is 379 g/mol. The largest absolute Gasteiger partial charge is 0.491 e. The topological polar surface area (TPSA) is 40.5 Å². The van der Waals surface area contributed by atoms with E-state index < -0.39 is 0 Å². The molecule has 1 atom stereocenters. The van der Waals surface area contributed by atoms with Gasteiger partial charge >= 0.3 is 5.97 Å². The maximum atomic E-state index is 12.7. The average Bonchev–Trinajstić information content (AvgIpc) is 2.94. The SMILES string of the molecule is CCC[C@@H](C)Oc1ccc2c(c1)c(C(=O)OCC)c(C)n2Cc1ccccc1. The van der Waals surface area contributed by atoms with Crippen LogP contribution >= 0.6 is 0 Å². The Bertz CT molecular complexity index is 943. The zero-order chi connectivity index (χ0) is 20.1. The summed E-state index contributed by atoms with van der Waals surface area (Å²) in [6.45, 7) is 9.09. The van der Waals surface area contributed by atoms with Gasteiger partial charge in [-0.2, -0.15) is 0 Å². The first-order valence-electron chi connectivity index (χ1n) is 10.1. The maximum absolute atomic E-state index is 12.7. The minimum Gasteiger partial charge on any atom is -0.491 e. The lowest BCUT2D eigenvalue weighted by atomic mass is 10.1. The van der Waals surface area contributed by atoms with Gasteiger partial charge in [-0.05, 0) is 51.0 Å². The van der Waals surface area contributed by atoms with Gasteiger partial charge in [0.25, 0.3) is 0 Å². The summed E-state index contributed by atoms with van der Waals surface area (Å²) in [4.78, 5) is 12.7. The highest BCUT2D eigenvalue weighted by Gasteiger charge is 2.22. The van der Waals surface area contributed by atoms with Crippen molar-refractivity contribution in [1.29, 1.82) is 0 Å². The second-order valence-corrected chi connectivity index (χ2v) is 7.15. The Morgan fingerprint density at radius 3 is 2.54 bits per heavy atom. The summed E-state index contributed by atoms with van der Waals surface area (Å²) in [7, 11) is 0. The minimum absolute atomic E-state index is 0.140. The van der Waals surface area contributed by atoms with Crippen LogP contribution in [0.3, 0.4) is 0 Å². The Hall–Kier alpha value is -2.75. The van der Waals surface area contributed by atoms with Gasteiger partial charge in [-0.25, -0.2) is 4.79 Å². The zero-order valence-electron chi connectivity index (χ0n) is 17.2. The molecule has 1 aromatic heterocycles. The molecule has 0 unspecified atom stereocenters. The molecule has 0 aliphatic heterocycles. The highest BCUT2D eigenvalue weighted by atomic mass is 16.5. The van der Waals surface area contributed by atoms with Crippen LogP contribution in [0.25, 0.3) is 10.9 Å². The van der Waals surface area contributed by atoms with Crippen molar-refractivity contribution in [2.75, 3.05) is 6.61 Å². The average molecular weight is 380 g/mol. The van der Waals surface area contributed by atoms with E-state index in [0.29, 0.717) is 18.7 Å². The molecule has 28 heavy (non-hydrogen) atoms. The predicted molar refractivity (Wildman–Crippen MR) is 113 cm³/mol. The number of aromatic nitrogens is 1. The number of benzene rings is 2. The van der Waals surface area contributed by atoms with E-state index in [9.17, 15) is 4.79 Å². The first-order chi connectivity index (χ1) is 13.5. The molecule has 3 aromatic rings. The molecule has 0 aliphatic carbocycles. The third-order valence-electron chi connectivity index (χ3n) is 4.99. The molecule has 148 valence electrons. The van der Waals surface area contributed by atoms with Crippen LogP contribution in [-0.4, -0.2) is 23.2 Å². The molecule has 4 heteroatoms. The van der Waals surface area contributed by atoms with Crippen molar-refractivity contribution in [1.82, 2.24) is 4.57 Å². The van der Waals surface area contributed by atoms with E-state index in [2.05, 4.69) is 30.5 Å². The van der Waals surface area contributed by atoms with Gasteiger partial charge in [0, 0.05) is 23.1 Å². The lowest BCUT2D eigenvalue weighted by Gasteiger charge is -2.14. The first-order valence-corrected chi connectivity index (χ1v) is 10.1. The molecule has 1 heterocycles. The fraction of sp³-hybridized carbons (Fsp3) is 0.375. The van der Waals surface area contributed by atoms with Crippen molar-refractivity contribution in [3.05, 3.63) is 65.4 Å². The fourth-order valence-corrected chi connectivity index (χ4v) is 3.66. The van der Waals surface area contributed by atoms with Gasteiger partial charge in [-0.1, -0.05) is 43.7 Å². The Kier molecular flexibility index (Phi) is 6.40. The second kappa shape index (κ2) is 8.96. The lowest BCUT2D eigenvalue weighted by molar-refractivity contribution is 0.0527. The molecule has 0 amide bonds. The van der Waals surface area contributed by atoms with Crippen molar-refractivity contribution in [2.24, 2.45) is 0 Å². The zero-order valence-corrected chi connectivity index (χ0v) is 17.2. The van der Waals surface area contributed by atoms with Crippen molar-refractivity contribution in [3.8, 4) is 5.75 Å². The Morgan fingerprint density at radius 1 is 1.11 bits per heavy atom. The Labute approximate surface area is 167 Å². The van der Waals surface area contributed by atoms with Crippen LogP contribution in [0.2, 0.25) is 0 Å². The number of esters is 1. The highest BCUT2D eigenvalue weighted by molar-refractivity contribution is 6.06. The quantitative estimate of drug-likeness (QED) is 0.468. The summed E-state index contributed by atoms with van der Waals surface area (Å²) in [5.74, 6) is 0.506. The molecular formula is C24H29NO3. The van der Waals surface area contributed by atoms with Gasteiger partial charge in [0.2, 0.25) is 0 Å². The van der Waals surface area contributed by atoms with E-state index in [1.54, 1.807) is 0 Å². The van der Waals surface area contributed by atoms with E-state index in [0.717, 1.165) is 35.2 Å². The highest BCUT2D eigenvalue weighted by Crippen LogP contribution is 2.31. The summed E-state index contributed by atoms with van der Waals surface area (Å²) >= 11 is 0. The van der Waals surface area contributed by atoms with Gasteiger partial charge in [0.15, 0.2) is 0 Å². The maximum Gasteiger partial charge on any atom is 0.340 e. The molecule has 0 aliphatic rings. The second-order valence-electron chi connectivity index (χ2n) is 7.15. The van der Waals surface area contributed by atoms with Crippen LogP contribution in [0.5, 0.6) is 5.75 Å². The normalized spacial score (nSPS) is 12.1. The summed E-state index contributed by atoms with van der Waals surface area (Å²) in [6.07, 6.45) is 2.21. The van der Waals surface area contributed by atoms with Crippen LogP contribution in [0.1, 0.15) is 55.2 Å². The van der Waals surface area contributed by atoms with E-state index in [4.69, 9.17) is 9.47 Å². The molecule has 0 spiro atoms. The van der Waals surface area contributed by atoms with E-state index in [1.807, 2.05) is 50.2 Å². The molecule has 4 nitrogen and oxygen atoms in total. The van der Waals surface area contributed by atoms with Gasteiger partial charge in [-0.15, -0.1) is 0 Å². The molecule has 0 radical (unpaired) electrons. The number of nitrogens with zero attached hydrogens (tertiary/aromatic N) is 1. The van der Waals surface area contributed by atoms with Crippen molar-refractivity contribution in [3.63, 3.8) is 0 Å². The standard InChI is InChI=1S/C24H29NO3/c1-5-10-17(3)28-20-13-14-22-21(15-20)23(24(26)27-6-2)18(4)25(22)16-19-11-8-7-9-12-19/h7-9,11-15,17H,5-6,10,16H2,1-4H3/t17-/m1/s1. The number of ether oxygens (including phenoxy) is 2. The van der Waals surface area contributed by atoms with Crippen LogP contribution < -0.4 is 4.74 Å². The number of carbonyl (C=O) groups excluding carboxylic acids is 1. The summed E-state index contributed by atoms with van der Waals surface area (Å²) in [6, 6.07) is 16.3. The smallest absolute Gasteiger partial charge is 0.340 e. The van der Waals surface area contributed by atoms with Crippen molar-refractivity contribution in [2.45, 2.75) is 53.2 Å². The van der Waals surface area contributed by atoms with Crippen LogP contribution in [0, 0.1) is 6.92 Å². The van der Waals surface area contributed by atoms with Crippen molar-refractivity contribution >= 4 is 16.9 Å². The minimum atomic E-state index is -0.282. The Morgan fingerprint density at radius 2 is 1.86 bits per heavy atom. The number of fused-ring (bicyclic) bond motifs is 1. The first kappa shape index (κ1) is 20.0. The molecular weight excluding hydrogens is 350 g/mol. The number of carbonyl (C=O) groups is 1.